The van der Waals surface area contributed by atoms with Crippen molar-refractivity contribution in [2.24, 2.45) is 0 Å². The van der Waals surface area contributed by atoms with Gasteiger partial charge in [-0.25, -0.2) is 0 Å². The van der Waals surface area contributed by atoms with E-state index in [0.29, 0.717) is 13.1 Å². The normalized spacial score (nSPS) is 18.7. The smallest absolute Gasteiger partial charge is 0.237 e. The maximum absolute atomic E-state index is 13.1. The van der Waals surface area contributed by atoms with Gasteiger partial charge in [0.1, 0.15) is 0 Å². The predicted octanol–water partition coefficient (Wildman–Crippen LogP) is 3.78. The van der Waals surface area contributed by atoms with Crippen molar-refractivity contribution in [3.63, 3.8) is 0 Å². The summed E-state index contributed by atoms with van der Waals surface area (Å²) < 4.78 is 0. The van der Waals surface area contributed by atoms with Crippen molar-refractivity contribution in [1.29, 1.82) is 0 Å². The van der Waals surface area contributed by atoms with Gasteiger partial charge < -0.3 is 10.6 Å². The van der Waals surface area contributed by atoms with Crippen LogP contribution in [0.2, 0.25) is 5.02 Å². The average molecular weight is 435 g/mol. The maximum Gasteiger partial charge on any atom is 0.237 e. The number of benzene rings is 2. The molecule has 160 valence electrons. The molecule has 2 N–H and O–H groups in total. The minimum atomic E-state index is -0.180. The summed E-state index contributed by atoms with van der Waals surface area (Å²) in [5.74, 6) is 0.0572. The number of nitrogens with zero attached hydrogens (tertiary/aromatic N) is 2. The molecule has 0 radical (unpaired) electrons. The first-order chi connectivity index (χ1) is 15.2. The van der Waals surface area contributed by atoms with E-state index in [2.05, 4.69) is 32.7 Å². The molecule has 2 atom stereocenters. The van der Waals surface area contributed by atoms with Gasteiger partial charge in [0.05, 0.1) is 6.04 Å². The van der Waals surface area contributed by atoms with E-state index in [0.717, 1.165) is 35.7 Å². The molecule has 0 unspecified atom stereocenters. The topological polar surface area (TPSA) is 57.3 Å². The first kappa shape index (κ1) is 21.5. The highest BCUT2D eigenvalue weighted by Gasteiger charge is 2.36. The third-order valence-corrected chi connectivity index (χ3v) is 6.03. The fourth-order valence-electron chi connectivity index (χ4n) is 4.02. The Morgan fingerprint density at radius 1 is 1.00 bits per heavy atom. The van der Waals surface area contributed by atoms with Crippen molar-refractivity contribution in [3.05, 3.63) is 101 Å². The zero-order chi connectivity index (χ0) is 21.5. The van der Waals surface area contributed by atoms with Gasteiger partial charge in [-0.2, -0.15) is 0 Å². The zero-order valence-electron chi connectivity index (χ0n) is 17.4. The fourth-order valence-corrected chi connectivity index (χ4v) is 4.23. The number of carbonyl (C=O) groups excluding carboxylic acids is 1. The molecule has 2 aromatic carbocycles. The van der Waals surface area contributed by atoms with Crippen molar-refractivity contribution in [3.8, 4) is 0 Å². The lowest BCUT2D eigenvalue weighted by Crippen LogP contribution is -2.42. The summed E-state index contributed by atoms with van der Waals surface area (Å²) in [7, 11) is 0. The van der Waals surface area contributed by atoms with E-state index < -0.39 is 0 Å². The van der Waals surface area contributed by atoms with Gasteiger partial charge in [0.2, 0.25) is 5.91 Å². The van der Waals surface area contributed by atoms with E-state index in [1.54, 1.807) is 12.4 Å². The highest BCUT2D eigenvalue weighted by atomic mass is 35.5. The third kappa shape index (κ3) is 5.91. The Balaban J connectivity index is 1.41. The second kappa shape index (κ2) is 10.5. The number of aromatic nitrogens is 1. The van der Waals surface area contributed by atoms with Crippen molar-refractivity contribution in [2.75, 3.05) is 6.54 Å². The number of hydrogen-bond acceptors (Lipinski definition) is 4. The summed E-state index contributed by atoms with van der Waals surface area (Å²) in [6.07, 6.45) is 4.28. The molecule has 5 nitrogen and oxygen atoms in total. The number of carbonyl (C=O) groups is 1. The van der Waals surface area contributed by atoms with E-state index in [-0.39, 0.29) is 18.0 Å². The molecule has 31 heavy (non-hydrogen) atoms. The van der Waals surface area contributed by atoms with Crippen LogP contribution in [0.1, 0.15) is 23.1 Å². The summed E-state index contributed by atoms with van der Waals surface area (Å²) in [5.41, 5.74) is 3.28. The van der Waals surface area contributed by atoms with Crippen molar-refractivity contribution < 1.29 is 4.79 Å². The molecular formula is C25H27ClN4O. The molecule has 1 aliphatic heterocycles. The highest BCUT2D eigenvalue weighted by molar-refractivity contribution is 6.31. The summed E-state index contributed by atoms with van der Waals surface area (Å²) in [5, 5.41) is 7.45. The molecule has 1 fully saturated rings. The van der Waals surface area contributed by atoms with Crippen LogP contribution < -0.4 is 10.6 Å². The monoisotopic (exact) mass is 434 g/mol. The highest BCUT2D eigenvalue weighted by Crippen LogP contribution is 2.22. The van der Waals surface area contributed by atoms with Gasteiger partial charge in [0.15, 0.2) is 0 Å². The molecule has 1 aliphatic rings. The molecule has 0 aliphatic carbocycles. The number of halogens is 1. The Morgan fingerprint density at radius 3 is 2.55 bits per heavy atom. The van der Waals surface area contributed by atoms with Crippen LogP contribution in [0.25, 0.3) is 0 Å². The lowest BCUT2D eigenvalue weighted by molar-refractivity contribution is -0.125. The summed E-state index contributed by atoms with van der Waals surface area (Å²) >= 11 is 6.30. The van der Waals surface area contributed by atoms with Crippen LogP contribution in [0.5, 0.6) is 0 Å². The quantitative estimate of drug-likeness (QED) is 0.566. The standard InChI is InChI=1S/C25H27ClN4O/c26-23-11-5-4-10-21(23)16-28-22-13-24(25(31)29-15-20-9-6-12-27-14-20)30(18-22)17-19-7-2-1-3-8-19/h1-12,14,22,24,28H,13,15-18H2,(H,29,31)/t22-,24-/m0/s1. The SMILES string of the molecule is O=C(NCc1cccnc1)[C@@H]1C[C@H](NCc2ccccc2Cl)CN1Cc1ccccc1. The Morgan fingerprint density at radius 2 is 1.77 bits per heavy atom. The van der Waals surface area contributed by atoms with E-state index in [1.807, 2.05) is 54.6 Å². The largest absolute Gasteiger partial charge is 0.351 e. The molecule has 2 heterocycles. The average Bonchev–Trinajstić information content (AvgIpc) is 3.21. The Bertz CT molecular complexity index is 983. The number of amides is 1. The van der Waals surface area contributed by atoms with Crippen LogP contribution in [-0.2, 0) is 24.4 Å². The van der Waals surface area contributed by atoms with Crippen LogP contribution in [0.4, 0.5) is 0 Å². The lowest BCUT2D eigenvalue weighted by Gasteiger charge is -2.23. The molecular weight excluding hydrogens is 408 g/mol. The Labute approximate surface area is 188 Å². The van der Waals surface area contributed by atoms with E-state index >= 15 is 0 Å². The van der Waals surface area contributed by atoms with Crippen LogP contribution >= 0.6 is 11.6 Å². The molecule has 6 heteroatoms. The Kier molecular flexibility index (Phi) is 7.30. The molecule has 3 aromatic rings. The van der Waals surface area contributed by atoms with Gasteiger partial charge in [-0.05, 0) is 35.2 Å². The van der Waals surface area contributed by atoms with Gasteiger partial charge in [-0.3, -0.25) is 14.7 Å². The molecule has 1 aromatic heterocycles. The van der Waals surface area contributed by atoms with Gasteiger partial charge in [-0.15, -0.1) is 0 Å². The summed E-state index contributed by atoms with van der Waals surface area (Å²) in [4.78, 5) is 19.5. The summed E-state index contributed by atoms with van der Waals surface area (Å²) in [6.45, 7) is 2.73. The fraction of sp³-hybridized carbons (Fsp3) is 0.280. The van der Waals surface area contributed by atoms with Gasteiger partial charge in [0, 0.05) is 49.6 Å². The van der Waals surface area contributed by atoms with Crippen LogP contribution in [0.15, 0.2) is 79.1 Å². The number of hydrogen-bond donors (Lipinski definition) is 2. The molecule has 4 rings (SSSR count). The zero-order valence-corrected chi connectivity index (χ0v) is 18.1. The van der Waals surface area contributed by atoms with Gasteiger partial charge >= 0.3 is 0 Å². The summed E-state index contributed by atoms with van der Waals surface area (Å²) in [6, 6.07) is 22.1. The van der Waals surface area contributed by atoms with Crippen LogP contribution in [0, 0.1) is 0 Å². The van der Waals surface area contributed by atoms with Crippen molar-refractivity contribution >= 4 is 17.5 Å². The Hall–Kier alpha value is -2.73. The predicted molar refractivity (Wildman–Crippen MR) is 123 cm³/mol. The molecule has 1 amide bonds. The second-order valence-electron chi connectivity index (χ2n) is 7.91. The maximum atomic E-state index is 13.1. The number of nitrogens with one attached hydrogen (secondary N) is 2. The van der Waals surface area contributed by atoms with Gasteiger partial charge in [-0.1, -0.05) is 66.2 Å². The van der Waals surface area contributed by atoms with Crippen LogP contribution in [0.3, 0.4) is 0 Å². The number of likely N-dealkylation sites (tertiary alicyclic amines) is 1. The van der Waals surface area contributed by atoms with E-state index in [4.69, 9.17) is 11.6 Å². The number of pyridine rings is 1. The molecule has 1 saturated heterocycles. The first-order valence-electron chi connectivity index (χ1n) is 10.6. The van der Waals surface area contributed by atoms with E-state index in [1.165, 1.54) is 5.56 Å². The third-order valence-electron chi connectivity index (χ3n) is 5.66. The number of rotatable bonds is 8. The lowest BCUT2D eigenvalue weighted by atomic mass is 10.1. The molecule has 0 bridgehead atoms. The molecule has 0 spiro atoms. The second-order valence-corrected chi connectivity index (χ2v) is 8.32. The minimum Gasteiger partial charge on any atom is -0.351 e. The van der Waals surface area contributed by atoms with Crippen molar-refractivity contribution in [1.82, 2.24) is 20.5 Å². The molecule has 0 saturated carbocycles. The van der Waals surface area contributed by atoms with Gasteiger partial charge in [0.25, 0.3) is 0 Å². The first-order valence-corrected chi connectivity index (χ1v) is 11.0. The minimum absolute atomic E-state index is 0.0572. The van der Waals surface area contributed by atoms with Crippen molar-refractivity contribution in [2.45, 2.75) is 38.1 Å². The van der Waals surface area contributed by atoms with E-state index in [9.17, 15) is 4.79 Å². The van der Waals surface area contributed by atoms with Crippen LogP contribution in [-0.4, -0.2) is 34.4 Å².